The molecule has 5 heteroatoms. The van der Waals surface area contributed by atoms with Crippen LogP contribution in [0.5, 0.6) is 0 Å². The summed E-state index contributed by atoms with van der Waals surface area (Å²) in [6.45, 7) is 6.17. The minimum atomic E-state index is -0.375. The molecule has 0 radical (unpaired) electrons. The van der Waals surface area contributed by atoms with E-state index >= 15 is 0 Å². The number of nitrogens with zero attached hydrogens (tertiary/aromatic N) is 2. The molecular formula is C23H21N3O2. The van der Waals surface area contributed by atoms with E-state index in [0.717, 1.165) is 28.0 Å². The van der Waals surface area contributed by atoms with E-state index in [0.29, 0.717) is 5.58 Å². The van der Waals surface area contributed by atoms with Gasteiger partial charge in [-0.15, -0.1) is 0 Å². The van der Waals surface area contributed by atoms with E-state index in [1.54, 1.807) is 12.3 Å². The Kier molecular flexibility index (Phi) is 4.57. The highest BCUT2D eigenvalue weighted by atomic mass is 16.3. The molecule has 0 atom stereocenters. The molecule has 1 N–H and O–H groups in total. The highest BCUT2D eigenvalue weighted by molar-refractivity contribution is 5.96. The molecule has 2 aromatic heterocycles. The molecule has 0 bridgehead atoms. The molecule has 0 spiro atoms. The van der Waals surface area contributed by atoms with Crippen LogP contribution in [0.2, 0.25) is 0 Å². The topological polar surface area (TPSA) is 59.5 Å². The second kappa shape index (κ2) is 7.19. The predicted octanol–water partition coefficient (Wildman–Crippen LogP) is 4.91. The fourth-order valence-corrected chi connectivity index (χ4v) is 3.39. The molecule has 0 fully saturated rings. The van der Waals surface area contributed by atoms with Crippen LogP contribution in [0, 0.1) is 20.8 Å². The molecule has 0 aliphatic heterocycles. The third-order valence-electron chi connectivity index (χ3n) is 4.75. The van der Waals surface area contributed by atoms with Crippen LogP contribution in [0.3, 0.4) is 0 Å². The lowest BCUT2D eigenvalue weighted by molar-refractivity contribution is 0.0929. The maximum atomic E-state index is 12.3. The Morgan fingerprint density at radius 2 is 1.86 bits per heavy atom. The lowest BCUT2D eigenvalue weighted by atomic mass is 10.2. The molecule has 4 aromatic rings. The first-order valence-electron chi connectivity index (χ1n) is 9.11. The van der Waals surface area contributed by atoms with Crippen molar-refractivity contribution in [3.05, 3.63) is 88.9 Å². The van der Waals surface area contributed by atoms with E-state index in [1.807, 2.05) is 37.3 Å². The minimum Gasteiger partial charge on any atom is -0.451 e. The number of carbonyl (C=O) groups excluding carboxylic acids is 1. The third-order valence-corrected chi connectivity index (χ3v) is 4.75. The number of rotatable bonds is 4. The van der Waals surface area contributed by atoms with E-state index in [-0.39, 0.29) is 11.7 Å². The summed E-state index contributed by atoms with van der Waals surface area (Å²) >= 11 is 0. The van der Waals surface area contributed by atoms with Crippen LogP contribution in [-0.2, 0) is 0 Å². The highest BCUT2D eigenvalue weighted by Gasteiger charge is 2.12. The molecule has 2 aromatic carbocycles. The lowest BCUT2D eigenvalue weighted by Crippen LogP contribution is -2.16. The molecular weight excluding hydrogens is 350 g/mol. The number of hydrazone groups is 1. The fourth-order valence-electron chi connectivity index (χ4n) is 3.39. The molecule has 0 aliphatic rings. The van der Waals surface area contributed by atoms with E-state index in [1.165, 1.54) is 5.56 Å². The molecule has 5 nitrogen and oxygen atoms in total. The van der Waals surface area contributed by atoms with Gasteiger partial charge in [-0.3, -0.25) is 4.79 Å². The Balaban J connectivity index is 1.53. The predicted molar refractivity (Wildman–Crippen MR) is 111 cm³/mol. The zero-order chi connectivity index (χ0) is 19.7. The number of para-hydroxylation sites is 1. The fraction of sp³-hybridized carbons (Fsp3) is 0.130. The number of nitrogens with one attached hydrogen (secondary N) is 1. The number of benzene rings is 2. The zero-order valence-electron chi connectivity index (χ0n) is 16.1. The van der Waals surface area contributed by atoms with Crippen LogP contribution in [0.1, 0.15) is 33.1 Å². The van der Waals surface area contributed by atoms with Crippen molar-refractivity contribution in [1.82, 2.24) is 9.99 Å². The van der Waals surface area contributed by atoms with Crippen molar-refractivity contribution in [1.29, 1.82) is 0 Å². The molecule has 140 valence electrons. The summed E-state index contributed by atoms with van der Waals surface area (Å²) in [6, 6.07) is 19.6. The van der Waals surface area contributed by atoms with Crippen molar-refractivity contribution in [2.24, 2.45) is 5.10 Å². The molecule has 0 unspecified atom stereocenters. The normalized spacial score (nSPS) is 11.4. The Morgan fingerprint density at radius 1 is 1.04 bits per heavy atom. The van der Waals surface area contributed by atoms with Crippen molar-refractivity contribution in [2.75, 3.05) is 0 Å². The van der Waals surface area contributed by atoms with Crippen molar-refractivity contribution >= 4 is 23.1 Å². The monoisotopic (exact) mass is 371 g/mol. The van der Waals surface area contributed by atoms with Gasteiger partial charge in [-0.1, -0.05) is 30.3 Å². The van der Waals surface area contributed by atoms with Crippen LogP contribution in [0.25, 0.3) is 16.7 Å². The minimum absolute atomic E-state index is 0.239. The molecule has 1 amide bonds. The summed E-state index contributed by atoms with van der Waals surface area (Å²) in [4.78, 5) is 12.3. The summed E-state index contributed by atoms with van der Waals surface area (Å²) in [5.74, 6) is -0.136. The van der Waals surface area contributed by atoms with E-state index in [4.69, 9.17) is 4.42 Å². The smallest absolute Gasteiger partial charge is 0.307 e. The molecule has 0 aliphatic carbocycles. The van der Waals surface area contributed by atoms with Crippen LogP contribution < -0.4 is 5.43 Å². The second-order valence-electron chi connectivity index (χ2n) is 6.85. The maximum Gasteiger partial charge on any atom is 0.307 e. The van der Waals surface area contributed by atoms with Crippen LogP contribution in [0.15, 0.2) is 70.2 Å². The summed E-state index contributed by atoms with van der Waals surface area (Å²) in [7, 11) is 0. The van der Waals surface area contributed by atoms with Crippen molar-refractivity contribution in [2.45, 2.75) is 20.8 Å². The van der Waals surface area contributed by atoms with Gasteiger partial charge in [0.25, 0.3) is 0 Å². The standard InChI is InChI=1S/C23H21N3O2/c1-15-7-6-9-20(11-15)26-16(2)12-19(17(26)3)14-24-25-23(27)22-13-18-8-4-5-10-21(18)28-22/h4-14H,1-3H3,(H,25,27)/b24-14+. The number of carbonyl (C=O) groups is 1. The second-order valence-corrected chi connectivity index (χ2v) is 6.85. The molecule has 0 saturated heterocycles. The van der Waals surface area contributed by atoms with E-state index in [2.05, 4.69) is 53.2 Å². The first kappa shape index (κ1) is 17.8. The number of hydrogen-bond donors (Lipinski definition) is 1. The number of aromatic nitrogens is 1. The first-order chi connectivity index (χ1) is 13.5. The number of furan rings is 1. The van der Waals surface area contributed by atoms with Gasteiger partial charge >= 0.3 is 5.91 Å². The summed E-state index contributed by atoms with van der Waals surface area (Å²) in [6.07, 6.45) is 1.66. The lowest BCUT2D eigenvalue weighted by Gasteiger charge is -2.10. The van der Waals surface area contributed by atoms with Gasteiger partial charge in [0, 0.05) is 28.0 Å². The number of fused-ring (bicyclic) bond motifs is 1. The first-order valence-corrected chi connectivity index (χ1v) is 9.11. The van der Waals surface area contributed by atoms with Gasteiger partial charge in [0.2, 0.25) is 0 Å². The summed E-state index contributed by atoms with van der Waals surface area (Å²) in [5.41, 5.74) is 8.65. The highest BCUT2D eigenvalue weighted by Crippen LogP contribution is 2.21. The average Bonchev–Trinajstić information content (AvgIpc) is 3.22. The average molecular weight is 371 g/mol. The SMILES string of the molecule is Cc1cccc(-n2c(C)cc(/C=N/NC(=O)c3cc4ccccc4o3)c2C)c1. The van der Waals surface area contributed by atoms with Gasteiger partial charge < -0.3 is 8.98 Å². The van der Waals surface area contributed by atoms with Gasteiger partial charge in [-0.2, -0.15) is 5.10 Å². The van der Waals surface area contributed by atoms with E-state index in [9.17, 15) is 4.79 Å². The van der Waals surface area contributed by atoms with Crippen LogP contribution in [-0.4, -0.2) is 16.7 Å². The van der Waals surface area contributed by atoms with Gasteiger partial charge in [0.1, 0.15) is 5.58 Å². The summed E-state index contributed by atoms with van der Waals surface area (Å²) in [5, 5.41) is 5.00. The van der Waals surface area contributed by atoms with Crippen molar-refractivity contribution in [3.8, 4) is 5.69 Å². The van der Waals surface area contributed by atoms with Gasteiger partial charge in [-0.25, -0.2) is 5.43 Å². The van der Waals surface area contributed by atoms with Crippen LogP contribution >= 0.6 is 0 Å². The Labute approximate surface area is 163 Å². The van der Waals surface area contributed by atoms with E-state index < -0.39 is 0 Å². The largest absolute Gasteiger partial charge is 0.451 e. The molecule has 0 saturated carbocycles. The number of amides is 1. The van der Waals surface area contributed by atoms with Crippen molar-refractivity contribution < 1.29 is 9.21 Å². The molecule has 28 heavy (non-hydrogen) atoms. The molecule has 2 heterocycles. The quantitative estimate of drug-likeness (QED) is 0.409. The maximum absolute atomic E-state index is 12.3. The zero-order valence-corrected chi connectivity index (χ0v) is 16.1. The number of aryl methyl sites for hydroxylation is 2. The van der Waals surface area contributed by atoms with Gasteiger partial charge in [-0.05, 0) is 56.7 Å². The Morgan fingerprint density at radius 3 is 2.64 bits per heavy atom. The van der Waals surface area contributed by atoms with Crippen LogP contribution in [0.4, 0.5) is 0 Å². The Hall–Kier alpha value is -3.60. The third kappa shape index (κ3) is 3.34. The molecule has 4 rings (SSSR count). The van der Waals surface area contributed by atoms with Gasteiger partial charge in [0.15, 0.2) is 5.76 Å². The van der Waals surface area contributed by atoms with Crippen molar-refractivity contribution in [3.63, 3.8) is 0 Å². The Bertz CT molecular complexity index is 1160. The number of hydrogen-bond acceptors (Lipinski definition) is 3. The summed E-state index contributed by atoms with van der Waals surface area (Å²) < 4.78 is 7.73. The van der Waals surface area contributed by atoms with Gasteiger partial charge in [0.05, 0.1) is 6.21 Å².